The van der Waals surface area contributed by atoms with Crippen molar-refractivity contribution in [2.75, 3.05) is 0 Å². The van der Waals surface area contributed by atoms with Crippen LogP contribution >= 0.6 is 0 Å². The lowest BCUT2D eigenvalue weighted by molar-refractivity contribution is -0.136. The van der Waals surface area contributed by atoms with Crippen LogP contribution in [0.1, 0.15) is 35.7 Å². The van der Waals surface area contributed by atoms with Gasteiger partial charge in [-0.25, -0.2) is 14.1 Å². The zero-order valence-electron chi connectivity index (χ0n) is 20.4. The fraction of sp³-hybridized carbons (Fsp3) is 0.222. The summed E-state index contributed by atoms with van der Waals surface area (Å²) >= 11 is 0. The van der Waals surface area contributed by atoms with Gasteiger partial charge in [0, 0.05) is 37.3 Å². The van der Waals surface area contributed by atoms with Crippen molar-refractivity contribution >= 4 is 23.4 Å². The summed E-state index contributed by atoms with van der Waals surface area (Å²) in [7, 11) is 1.87. The van der Waals surface area contributed by atoms with E-state index >= 15 is 0 Å². The number of nitrogens with zero attached hydrogens (tertiary/aromatic N) is 5. The van der Waals surface area contributed by atoms with Crippen molar-refractivity contribution in [2.45, 2.75) is 32.4 Å². The minimum absolute atomic E-state index is 0.207. The van der Waals surface area contributed by atoms with E-state index in [0.717, 1.165) is 16.8 Å². The summed E-state index contributed by atoms with van der Waals surface area (Å²) in [5, 5.41) is 6.99. The van der Waals surface area contributed by atoms with Gasteiger partial charge in [0.2, 0.25) is 11.8 Å². The minimum atomic E-state index is -0.667. The average Bonchev–Trinajstić information content (AvgIpc) is 3.57. The van der Waals surface area contributed by atoms with E-state index in [1.54, 1.807) is 29.3 Å². The molecule has 9 nitrogen and oxygen atoms in total. The van der Waals surface area contributed by atoms with E-state index < -0.39 is 17.8 Å². The molecule has 2 aromatic heterocycles. The molecule has 0 radical (unpaired) electrons. The normalized spacial score (nSPS) is 18.0. The highest BCUT2D eigenvalue weighted by molar-refractivity contribution is 6.05. The third-order valence-electron chi connectivity index (χ3n) is 6.56. The predicted octanol–water partition coefficient (Wildman–Crippen LogP) is 3.61. The molecule has 1 fully saturated rings. The Bertz CT molecular complexity index is 1510. The lowest BCUT2D eigenvalue weighted by Crippen LogP contribution is -2.52. The highest BCUT2D eigenvalue weighted by Gasteiger charge is 2.39. The van der Waals surface area contributed by atoms with Crippen molar-refractivity contribution in [3.8, 4) is 22.6 Å². The predicted molar refractivity (Wildman–Crippen MR) is 135 cm³/mol. The maximum absolute atomic E-state index is 13.1. The van der Waals surface area contributed by atoms with Gasteiger partial charge in [-0.3, -0.25) is 19.7 Å². The van der Waals surface area contributed by atoms with Gasteiger partial charge < -0.3 is 9.47 Å². The smallest absolute Gasteiger partial charge is 0.255 e. The van der Waals surface area contributed by atoms with Crippen molar-refractivity contribution in [2.24, 2.45) is 7.05 Å². The molecule has 3 aromatic rings. The molecule has 1 unspecified atom stereocenters. The van der Waals surface area contributed by atoms with Crippen LogP contribution in [-0.2, 0) is 23.2 Å². The molecule has 37 heavy (non-hydrogen) atoms. The van der Waals surface area contributed by atoms with Gasteiger partial charge in [0.05, 0.1) is 23.4 Å². The summed E-state index contributed by atoms with van der Waals surface area (Å²) < 4.78 is 16.6. The number of halogens is 1. The van der Waals surface area contributed by atoms with E-state index in [1.807, 2.05) is 42.8 Å². The van der Waals surface area contributed by atoms with Gasteiger partial charge in [-0.2, -0.15) is 5.10 Å². The number of aromatic nitrogens is 4. The first-order valence-corrected chi connectivity index (χ1v) is 11.8. The summed E-state index contributed by atoms with van der Waals surface area (Å²) in [6.07, 6.45) is 8.68. The van der Waals surface area contributed by atoms with Crippen LogP contribution in [0.3, 0.4) is 0 Å². The molecule has 0 saturated carbocycles. The molecule has 1 saturated heterocycles. The van der Waals surface area contributed by atoms with Crippen molar-refractivity contribution < 1.29 is 18.8 Å². The monoisotopic (exact) mass is 500 g/mol. The van der Waals surface area contributed by atoms with Gasteiger partial charge in [0.15, 0.2) is 0 Å². The Morgan fingerprint density at radius 3 is 2.76 bits per heavy atom. The van der Waals surface area contributed by atoms with E-state index in [0.29, 0.717) is 29.1 Å². The van der Waals surface area contributed by atoms with Crippen molar-refractivity contribution in [1.29, 1.82) is 0 Å². The molecule has 1 atom stereocenters. The molecule has 2 aliphatic rings. The van der Waals surface area contributed by atoms with Gasteiger partial charge in [-0.05, 0) is 49.3 Å². The van der Waals surface area contributed by atoms with Crippen LogP contribution in [0.2, 0.25) is 0 Å². The van der Waals surface area contributed by atoms with Crippen LogP contribution in [0.25, 0.3) is 28.3 Å². The highest BCUT2D eigenvalue weighted by atomic mass is 19.1. The second kappa shape index (κ2) is 9.45. The summed E-state index contributed by atoms with van der Waals surface area (Å²) in [5.41, 5.74) is 4.96. The summed E-state index contributed by atoms with van der Waals surface area (Å²) in [4.78, 5) is 43.0. The molecular formula is C27H25FN6O3. The Labute approximate surface area is 212 Å². The van der Waals surface area contributed by atoms with Gasteiger partial charge in [-0.15, -0.1) is 0 Å². The molecule has 2 aliphatic heterocycles. The van der Waals surface area contributed by atoms with Crippen LogP contribution in [0, 0.1) is 0 Å². The fourth-order valence-corrected chi connectivity index (χ4v) is 4.74. The van der Waals surface area contributed by atoms with E-state index in [2.05, 4.69) is 22.0 Å². The lowest BCUT2D eigenvalue weighted by Gasteiger charge is -2.29. The Morgan fingerprint density at radius 1 is 1.22 bits per heavy atom. The lowest BCUT2D eigenvalue weighted by atomic mass is 10.0. The van der Waals surface area contributed by atoms with Gasteiger partial charge in [0.1, 0.15) is 17.6 Å². The van der Waals surface area contributed by atoms with Crippen molar-refractivity contribution in [3.05, 3.63) is 78.6 Å². The van der Waals surface area contributed by atoms with E-state index in [9.17, 15) is 18.8 Å². The third kappa shape index (κ3) is 4.42. The molecule has 4 heterocycles. The molecule has 0 bridgehead atoms. The van der Waals surface area contributed by atoms with Crippen LogP contribution in [-0.4, -0.2) is 48.0 Å². The van der Waals surface area contributed by atoms with Gasteiger partial charge in [0.25, 0.3) is 5.91 Å². The molecule has 1 N–H and O–H groups in total. The number of hydrogen-bond acceptors (Lipinski definition) is 5. The first kappa shape index (κ1) is 24.1. The van der Waals surface area contributed by atoms with Crippen LogP contribution in [0.5, 0.6) is 0 Å². The average molecular weight is 501 g/mol. The van der Waals surface area contributed by atoms with Gasteiger partial charge >= 0.3 is 0 Å². The quantitative estimate of drug-likeness (QED) is 0.412. The number of imidazole rings is 1. The van der Waals surface area contributed by atoms with E-state index in [4.69, 9.17) is 0 Å². The topological polar surface area (TPSA) is 102 Å². The number of carbonyl (C=O) groups excluding carboxylic acids is 3. The second-order valence-corrected chi connectivity index (χ2v) is 8.96. The first-order chi connectivity index (χ1) is 17.8. The number of carbonyl (C=O) groups is 3. The molecule has 5 rings (SSSR count). The number of allylic oxidation sites excluding steroid dienone is 5. The summed E-state index contributed by atoms with van der Waals surface area (Å²) in [5.74, 6) is -1.53. The number of fused-ring (bicyclic) bond motifs is 1. The van der Waals surface area contributed by atoms with Crippen LogP contribution in [0.4, 0.5) is 4.39 Å². The Morgan fingerprint density at radius 2 is 2.03 bits per heavy atom. The number of rotatable bonds is 6. The molecule has 0 aliphatic carbocycles. The number of imide groups is 1. The zero-order chi connectivity index (χ0) is 26.3. The number of benzene rings is 1. The SMILES string of the molecule is C=C(F)/C=C\C(=C/C)n1ccc(-c2c(-c3ccc4c(c3)CN(C3CCC(=O)NC3=O)C4=O)ncn2C)n1. The first-order valence-electron chi connectivity index (χ1n) is 11.8. The third-order valence-corrected chi connectivity index (χ3v) is 6.56. The zero-order valence-corrected chi connectivity index (χ0v) is 20.4. The Balaban J connectivity index is 1.45. The van der Waals surface area contributed by atoms with E-state index in [-0.39, 0.29) is 24.8 Å². The summed E-state index contributed by atoms with van der Waals surface area (Å²) in [6, 6.07) is 6.68. The molecule has 10 heteroatoms. The van der Waals surface area contributed by atoms with Crippen LogP contribution in [0.15, 0.2) is 67.4 Å². The minimum Gasteiger partial charge on any atom is -0.332 e. The standard InChI is InChI=1S/C27H25FN6O3/c1-4-19(7-5-16(2)28)34-12-11-21(31-34)25-24(29-15-32(25)3)17-6-8-20-18(13-17)14-33(27(20)37)22-9-10-23(35)30-26(22)36/h4-8,11-13,15,22H,2,9-10,14H2,1,3H3,(H,30,35,36)/b7-5-,19-4+. The van der Waals surface area contributed by atoms with Gasteiger partial charge in [-0.1, -0.05) is 18.7 Å². The Kier molecular flexibility index (Phi) is 6.16. The number of amides is 3. The fourth-order valence-electron chi connectivity index (χ4n) is 4.74. The molecule has 1 aromatic carbocycles. The number of aryl methyl sites for hydroxylation is 1. The Hall–Kier alpha value is -4.60. The van der Waals surface area contributed by atoms with Crippen molar-refractivity contribution in [3.63, 3.8) is 0 Å². The molecule has 3 amide bonds. The van der Waals surface area contributed by atoms with Crippen molar-refractivity contribution in [1.82, 2.24) is 29.5 Å². The maximum Gasteiger partial charge on any atom is 0.255 e. The molecular weight excluding hydrogens is 475 g/mol. The van der Waals surface area contributed by atoms with Crippen LogP contribution < -0.4 is 5.32 Å². The number of nitrogens with one attached hydrogen (secondary N) is 1. The largest absolute Gasteiger partial charge is 0.332 e. The molecule has 188 valence electrons. The maximum atomic E-state index is 13.1. The number of piperidine rings is 1. The highest BCUT2D eigenvalue weighted by Crippen LogP contribution is 2.34. The number of hydrogen-bond donors (Lipinski definition) is 1. The molecule has 0 spiro atoms. The second-order valence-electron chi connectivity index (χ2n) is 8.96. The summed E-state index contributed by atoms with van der Waals surface area (Å²) in [6.45, 7) is 5.36. The van der Waals surface area contributed by atoms with E-state index in [1.165, 1.54) is 11.0 Å².